The number of benzene rings is 3. The maximum Gasteiger partial charge on any atom is 0.313 e. The number of hydrogen-bond acceptors (Lipinski definition) is 4. The van der Waals surface area contributed by atoms with Crippen LogP contribution in [0, 0.1) is 0 Å². The van der Waals surface area contributed by atoms with Gasteiger partial charge in [-0.1, -0.05) is 97.4 Å². The van der Waals surface area contributed by atoms with Crippen molar-refractivity contribution < 1.29 is 19.8 Å². The second kappa shape index (κ2) is 14.0. The number of carboxylic acids is 2. The lowest BCUT2D eigenvalue weighted by molar-refractivity contribution is -0.137. The van der Waals surface area contributed by atoms with E-state index in [1.165, 1.54) is 28.5 Å². The smallest absolute Gasteiger partial charge is 0.313 e. The molecule has 0 radical (unpaired) electrons. The molecule has 2 N–H and O–H groups in total. The van der Waals surface area contributed by atoms with Crippen molar-refractivity contribution in [3.63, 3.8) is 0 Å². The van der Waals surface area contributed by atoms with Crippen LogP contribution in [0.25, 0.3) is 0 Å². The summed E-state index contributed by atoms with van der Waals surface area (Å²) >= 11 is 3.35. The van der Waals surface area contributed by atoms with Gasteiger partial charge in [-0.2, -0.15) is 0 Å². The van der Waals surface area contributed by atoms with E-state index in [4.69, 9.17) is 5.11 Å². The quantitative estimate of drug-likeness (QED) is 0.171. The van der Waals surface area contributed by atoms with Gasteiger partial charge in [0, 0.05) is 11.7 Å². The van der Waals surface area contributed by atoms with E-state index < -0.39 is 16.7 Å². The van der Waals surface area contributed by atoms with Crippen LogP contribution in [-0.4, -0.2) is 38.9 Å². The fraction of sp³-hybridized carbons (Fsp3) is 0.310. The van der Waals surface area contributed by atoms with Crippen LogP contribution in [0.3, 0.4) is 0 Å². The minimum absolute atomic E-state index is 0.0649. The number of thioether (sulfide) groups is 2. The molecule has 1 unspecified atom stereocenters. The lowest BCUT2D eigenvalue weighted by atomic mass is 9.84. The van der Waals surface area contributed by atoms with E-state index in [1.807, 2.05) is 30.0 Å². The summed E-state index contributed by atoms with van der Waals surface area (Å²) in [6.07, 6.45) is 3.24. The SMILES string of the molecule is O=C(O)CCCCC(CCSC(c1ccccc1)(c1ccccc1)c1ccccc1)SCC(=O)O. The predicted octanol–water partition coefficient (Wildman–Crippen LogP) is 6.93. The topological polar surface area (TPSA) is 74.6 Å². The fourth-order valence-corrected chi connectivity index (χ4v) is 7.02. The van der Waals surface area contributed by atoms with Crippen molar-refractivity contribution in [2.75, 3.05) is 11.5 Å². The van der Waals surface area contributed by atoms with Gasteiger partial charge in [0.15, 0.2) is 0 Å². The molecule has 0 aromatic heterocycles. The summed E-state index contributed by atoms with van der Waals surface area (Å²) in [7, 11) is 0. The summed E-state index contributed by atoms with van der Waals surface area (Å²) in [5, 5.41) is 18.3. The van der Waals surface area contributed by atoms with Crippen LogP contribution in [-0.2, 0) is 14.3 Å². The normalized spacial score (nSPS) is 12.2. The molecule has 1 atom stereocenters. The fourth-order valence-electron chi connectivity index (χ4n) is 4.26. The monoisotopic (exact) mass is 508 g/mol. The van der Waals surface area contributed by atoms with Crippen LogP contribution in [0.4, 0.5) is 0 Å². The van der Waals surface area contributed by atoms with Crippen LogP contribution in [0.1, 0.15) is 48.8 Å². The van der Waals surface area contributed by atoms with Gasteiger partial charge in [0.2, 0.25) is 0 Å². The Morgan fingerprint density at radius 1 is 0.686 bits per heavy atom. The molecule has 4 nitrogen and oxygen atoms in total. The zero-order chi connectivity index (χ0) is 24.9. The average Bonchev–Trinajstić information content (AvgIpc) is 2.88. The number of aliphatic carboxylic acids is 2. The van der Waals surface area contributed by atoms with Gasteiger partial charge in [-0.05, 0) is 41.7 Å². The van der Waals surface area contributed by atoms with Gasteiger partial charge in [0.25, 0.3) is 0 Å². The predicted molar refractivity (Wildman–Crippen MR) is 146 cm³/mol. The first-order valence-corrected chi connectivity index (χ1v) is 13.9. The molecule has 6 heteroatoms. The van der Waals surface area contributed by atoms with Gasteiger partial charge >= 0.3 is 11.9 Å². The number of carbonyl (C=O) groups is 2. The average molecular weight is 509 g/mol. The van der Waals surface area contributed by atoms with Crippen molar-refractivity contribution in [3.05, 3.63) is 108 Å². The van der Waals surface area contributed by atoms with E-state index >= 15 is 0 Å². The minimum atomic E-state index is -0.814. The Labute approximate surface area is 216 Å². The van der Waals surface area contributed by atoms with Crippen LogP contribution in [0.2, 0.25) is 0 Å². The van der Waals surface area contributed by atoms with Crippen molar-refractivity contribution in [1.29, 1.82) is 0 Å². The molecule has 0 aliphatic carbocycles. The highest BCUT2D eigenvalue weighted by Gasteiger charge is 2.36. The van der Waals surface area contributed by atoms with E-state index in [2.05, 4.69) is 72.8 Å². The molecule has 0 saturated carbocycles. The third kappa shape index (κ3) is 7.91. The first-order valence-electron chi connectivity index (χ1n) is 11.9. The van der Waals surface area contributed by atoms with Crippen molar-refractivity contribution in [2.24, 2.45) is 0 Å². The zero-order valence-corrected chi connectivity index (χ0v) is 21.3. The molecule has 3 aromatic carbocycles. The van der Waals surface area contributed by atoms with Gasteiger partial charge in [-0.25, -0.2) is 0 Å². The number of unbranched alkanes of at least 4 members (excludes halogenated alkanes) is 1. The van der Waals surface area contributed by atoms with Gasteiger partial charge < -0.3 is 10.2 Å². The van der Waals surface area contributed by atoms with Crippen LogP contribution < -0.4 is 0 Å². The Kier molecular flexibility index (Phi) is 10.8. The molecule has 3 aromatic rings. The Morgan fingerprint density at radius 3 is 1.60 bits per heavy atom. The number of hydrogen-bond donors (Lipinski definition) is 2. The Bertz CT molecular complexity index is 945. The first-order chi connectivity index (χ1) is 17.0. The summed E-state index contributed by atoms with van der Waals surface area (Å²) in [5.74, 6) is -0.691. The lowest BCUT2D eigenvalue weighted by Crippen LogP contribution is -2.26. The van der Waals surface area contributed by atoms with Gasteiger partial charge in [-0.15, -0.1) is 23.5 Å². The zero-order valence-electron chi connectivity index (χ0n) is 19.7. The van der Waals surface area contributed by atoms with Gasteiger partial charge in [-0.3, -0.25) is 9.59 Å². The van der Waals surface area contributed by atoms with Crippen LogP contribution in [0.15, 0.2) is 91.0 Å². The Balaban J connectivity index is 1.85. The molecule has 0 aliphatic heterocycles. The molecule has 0 saturated heterocycles. The summed E-state index contributed by atoms with van der Waals surface area (Å²) in [5.41, 5.74) is 3.62. The molecule has 184 valence electrons. The third-order valence-electron chi connectivity index (χ3n) is 5.91. The van der Waals surface area contributed by atoms with Crippen molar-refractivity contribution in [1.82, 2.24) is 0 Å². The highest BCUT2D eigenvalue weighted by atomic mass is 32.2. The molecule has 3 rings (SSSR count). The molecule has 0 aliphatic rings. The van der Waals surface area contributed by atoms with Crippen LogP contribution in [0.5, 0.6) is 0 Å². The maximum atomic E-state index is 11.2. The van der Waals surface area contributed by atoms with Crippen molar-refractivity contribution >= 4 is 35.5 Å². The molecule has 0 fully saturated rings. The largest absolute Gasteiger partial charge is 0.481 e. The molecule has 0 spiro atoms. The molecular formula is C29H32O4S2. The summed E-state index contributed by atoms with van der Waals surface area (Å²) in [4.78, 5) is 22.1. The van der Waals surface area contributed by atoms with E-state index in [1.54, 1.807) is 0 Å². The lowest BCUT2D eigenvalue weighted by Gasteiger charge is -2.36. The molecule has 0 bridgehead atoms. The molecular weight excluding hydrogens is 476 g/mol. The standard InChI is InChI=1S/C29H32O4S2/c30-27(31)19-11-10-18-26(34-22-28(32)33)20-21-35-29(23-12-4-1-5-13-23,24-14-6-2-7-15-24)25-16-8-3-9-17-25/h1-9,12-17,26H,10-11,18-22H2,(H,30,31)(H,32,33). The molecule has 0 amide bonds. The number of carboxylic acid groups (broad SMARTS) is 2. The highest BCUT2D eigenvalue weighted by Crippen LogP contribution is 2.49. The van der Waals surface area contributed by atoms with E-state index in [-0.39, 0.29) is 17.4 Å². The minimum Gasteiger partial charge on any atom is -0.481 e. The summed E-state index contributed by atoms with van der Waals surface area (Å²) < 4.78 is -0.394. The van der Waals surface area contributed by atoms with Crippen molar-refractivity contribution in [2.45, 2.75) is 42.1 Å². The molecule has 0 heterocycles. The second-order valence-electron chi connectivity index (χ2n) is 8.38. The Morgan fingerprint density at radius 2 is 1.17 bits per heavy atom. The molecule has 35 heavy (non-hydrogen) atoms. The third-order valence-corrected chi connectivity index (χ3v) is 8.84. The highest BCUT2D eigenvalue weighted by molar-refractivity contribution is 8.01. The van der Waals surface area contributed by atoms with E-state index in [9.17, 15) is 14.7 Å². The van der Waals surface area contributed by atoms with Crippen molar-refractivity contribution in [3.8, 4) is 0 Å². The van der Waals surface area contributed by atoms with Crippen LogP contribution >= 0.6 is 23.5 Å². The van der Waals surface area contributed by atoms with Gasteiger partial charge in [0.05, 0.1) is 10.5 Å². The van der Waals surface area contributed by atoms with E-state index in [0.717, 1.165) is 25.0 Å². The summed E-state index contributed by atoms with van der Waals surface area (Å²) in [6, 6.07) is 31.6. The summed E-state index contributed by atoms with van der Waals surface area (Å²) in [6.45, 7) is 0. The second-order valence-corrected chi connectivity index (χ2v) is 11.0. The number of rotatable bonds is 15. The van der Waals surface area contributed by atoms with Gasteiger partial charge in [0.1, 0.15) is 0 Å². The van der Waals surface area contributed by atoms with E-state index in [0.29, 0.717) is 6.42 Å². The first kappa shape index (κ1) is 26.9. The Hall–Kier alpha value is -2.70. The maximum absolute atomic E-state index is 11.2.